The molecule has 2 N–H and O–H groups in total. The molecule has 90 valence electrons. The van der Waals surface area contributed by atoms with Crippen LogP contribution in [0.15, 0.2) is 24.3 Å². The van der Waals surface area contributed by atoms with Crippen LogP contribution in [0.1, 0.15) is 17.5 Å². The SMILES string of the molecule is Cc1nc(-c2cccc(F)c2)sc1CC(C)N. The number of hydrogen-bond donors (Lipinski definition) is 1. The summed E-state index contributed by atoms with van der Waals surface area (Å²) in [7, 11) is 0. The van der Waals surface area contributed by atoms with Gasteiger partial charge in [-0.1, -0.05) is 12.1 Å². The zero-order chi connectivity index (χ0) is 12.4. The number of hydrogen-bond acceptors (Lipinski definition) is 3. The standard InChI is InChI=1S/C13H15FN2S/c1-8(15)6-12-9(2)16-13(17-12)10-4-3-5-11(14)7-10/h3-5,7-8H,6,15H2,1-2H3. The van der Waals surface area contributed by atoms with Crippen LogP contribution in [0.3, 0.4) is 0 Å². The van der Waals surface area contributed by atoms with E-state index < -0.39 is 0 Å². The minimum Gasteiger partial charge on any atom is -0.328 e. The van der Waals surface area contributed by atoms with Crippen LogP contribution in [0.4, 0.5) is 4.39 Å². The lowest BCUT2D eigenvalue weighted by atomic mass is 10.2. The summed E-state index contributed by atoms with van der Waals surface area (Å²) in [4.78, 5) is 5.65. The van der Waals surface area contributed by atoms with Crippen LogP contribution in [0.5, 0.6) is 0 Å². The molecule has 0 radical (unpaired) electrons. The molecule has 1 aromatic carbocycles. The number of rotatable bonds is 3. The van der Waals surface area contributed by atoms with E-state index in [0.29, 0.717) is 0 Å². The van der Waals surface area contributed by atoms with Crippen molar-refractivity contribution >= 4 is 11.3 Å². The van der Waals surface area contributed by atoms with Gasteiger partial charge in [0.05, 0.1) is 5.69 Å². The zero-order valence-electron chi connectivity index (χ0n) is 9.90. The van der Waals surface area contributed by atoms with Gasteiger partial charge >= 0.3 is 0 Å². The van der Waals surface area contributed by atoms with E-state index in [1.54, 1.807) is 17.4 Å². The minimum absolute atomic E-state index is 0.120. The highest BCUT2D eigenvalue weighted by Crippen LogP contribution is 2.28. The van der Waals surface area contributed by atoms with Gasteiger partial charge in [0.1, 0.15) is 10.8 Å². The average Bonchev–Trinajstić information content (AvgIpc) is 2.59. The Morgan fingerprint density at radius 3 is 2.88 bits per heavy atom. The number of nitrogens with two attached hydrogens (primary N) is 1. The van der Waals surface area contributed by atoms with Crippen LogP contribution in [-0.4, -0.2) is 11.0 Å². The van der Waals surface area contributed by atoms with Gasteiger partial charge in [-0.05, 0) is 32.4 Å². The van der Waals surface area contributed by atoms with E-state index in [1.807, 2.05) is 19.9 Å². The minimum atomic E-state index is -0.232. The summed E-state index contributed by atoms with van der Waals surface area (Å²) in [6.07, 6.45) is 0.818. The van der Waals surface area contributed by atoms with E-state index in [1.165, 1.54) is 17.0 Å². The third kappa shape index (κ3) is 2.90. The van der Waals surface area contributed by atoms with Gasteiger partial charge in [-0.15, -0.1) is 11.3 Å². The normalized spacial score (nSPS) is 12.7. The first kappa shape index (κ1) is 12.2. The number of nitrogens with zero attached hydrogens (tertiary/aromatic N) is 1. The second-order valence-corrected chi connectivity index (χ2v) is 5.30. The molecular formula is C13H15FN2S. The number of aryl methyl sites for hydroxylation is 1. The Labute approximate surface area is 104 Å². The summed E-state index contributed by atoms with van der Waals surface area (Å²) < 4.78 is 13.1. The highest BCUT2D eigenvalue weighted by atomic mass is 32.1. The van der Waals surface area contributed by atoms with Crippen molar-refractivity contribution in [2.24, 2.45) is 5.73 Å². The molecule has 0 amide bonds. The van der Waals surface area contributed by atoms with Crippen molar-refractivity contribution in [3.63, 3.8) is 0 Å². The average molecular weight is 250 g/mol. The van der Waals surface area contributed by atoms with Crippen molar-refractivity contribution in [3.05, 3.63) is 40.7 Å². The molecule has 0 aliphatic rings. The summed E-state index contributed by atoms with van der Waals surface area (Å²) in [6.45, 7) is 3.94. The van der Waals surface area contributed by atoms with Crippen LogP contribution in [0.2, 0.25) is 0 Å². The summed E-state index contributed by atoms with van der Waals surface area (Å²) in [5, 5.41) is 0.859. The van der Waals surface area contributed by atoms with Gasteiger partial charge in [0.2, 0.25) is 0 Å². The highest BCUT2D eigenvalue weighted by molar-refractivity contribution is 7.15. The van der Waals surface area contributed by atoms with Crippen molar-refractivity contribution in [3.8, 4) is 10.6 Å². The van der Waals surface area contributed by atoms with Crippen molar-refractivity contribution in [2.45, 2.75) is 26.3 Å². The maximum absolute atomic E-state index is 13.1. The zero-order valence-corrected chi connectivity index (χ0v) is 10.7. The Morgan fingerprint density at radius 1 is 1.47 bits per heavy atom. The van der Waals surface area contributed by atoms with Gasteiger partial charge in [-0.3, -0.25) is 0 Å². The predicted molar refractivity (Wildman–Crippen MR) is 69.6 cm³/mol. The van der Waals surface area contributed by atoms with Crippen LogP contribution < -0.4 is 5.73 Å². The molecule has 1 atom stereocenters. The molecular weight excluding hydrogens is 235 g/mol. The number of benzene rings is 1. The van der Waals surface area contributed by atoms with E-state index in [2.05, 4.69) is 4.98 Å². The van der Waals surface area contributed by atoms with Gasteiger partial charge in [0.25, 0.3) is 0 Å². The third-order valence-corrected chi connectivity index (χ3v) is 3.70. The quantitative estimate of drug-likeness (QED) is 0.909. The number of aromatic nitrogens is 1. The molecule has 0 saturated heterocycles. The first-order chi connectivity index (χ1) is 8.06. The largest absolute Gasteiger partial charge is 0.328 e. The molecule has 2 rings (SSSR count). The van der Waals surface area contributed by atoms with Gasteiger partial charge in [0, 0.05) is 16.5 Å². The van der Waals surface area contributed by atoms with Crippen LogP contribution in [0, 0.1) is 12.7 Å². The van der Waals surface area contributed by atoms with Gasteiger partial charge in [-0.2, -0.15) is 0 Å². The molecule has 1 unspecified atom stereocenters. The van der Waals surface area contributed by atoms with Crippen molar-refractivity contribution in [2.75, 3.05) is 0 Å². The van der Waals surface area contributed by atoms with Crippen molar-refractivity contribution < 1.29 is 4.39 Å². The molecule has 17 heavy (non-hydrogen) atoms. The van der Waals surface area contributed by atoms with E-state index in [-0.39, 0.29) is 11.9 Å². The molecule has 2 nitrogen and oxygen atoms in total. The first-order valence-corrected chi connectivity index (χ1v) is 6.35. The number of halogens is 1. The summed E-state index contributed by atoms with van der Waals surface area (Å²) in [5.74, 6) is -0.232. The first-order valence-electron chi connectivity index (χ1n) is 5.54. The predicted octanol–water partition coefficient (Wildman–Crippen LogP) is 3.15. The lowest BCUT2D eigenvalue weighted by molar-refractivity contribution is 0.628. The van der Waals surface area contributed by atoms with Crippen molar-refractivity contribution in [1.29, 1.82) is 0 Å². The van der Waals surface area contributed by atoms with E-state index in [4.69, 9.17) is 5.73 Å². The molecule has 0 aliphatic carbocycles. The second kappa shape index (κ2) is 4.94. The Balaban J connectivity index is 2.34. The number of thiazole rings is 1. The fourth-order valence-electron chi connectivity index (χ4n) is 1.65. The molecule has 0 saturated carbocycles. The Kier molecular flexibility index (Phi) is 3.54. The Morgan fingerprint density at radius 2 is 2.24 bits per heavy atom. The van der Waals surface area contributed by atoms with Crippen molar-refractivity contribution in [1.82, 2.24) is 4.98 Å². The molecule has 4 heteroatoms. The van der Waals surface area contributed by atoms with Gasteiger partial charge < -0.3 is 5.73 Å². The van der Waals surface area contributed by atoms with Crippen LogP contribution >= 0.6 is 11.3 Å². The smallest absolute Gasteiger partial charge is 0.123 e. The molecule has 0 spiro atoms. The Hall–Kier alpha value is -1.26. The van der Waals surface area contributed by atoms with Crippen LogP contribution in [-0.2, 0) is 6.42 Å². The fraction of sp³-hybridized carbons (Fsp3) is 0.308. The monoisotopic (exact) mass is 250 g/mol. The summed E-state index contributed by atoms with van der Waals surface area (Å²) >= 11 is 1.59. The van der Waals surface area contributed by atoms with E-state index in [0.717, 1.165) is 22.7 Å². The highest BCUT2D eigenvalue weighted by Gasteiger charge is 2.11. The molecule has 0 fully saturated rings. The summed E-state index contributed by atoms with van der Waals surface area (Å²) in [6, 6.07) is 6.64. The molecule has 0 aliphatic heterocycles. The second-order valence-electron chi connectivity index (χ2n) is 4.22. The van der Waals surface area contributed by atoms with Crippen LogP contribution in [0.25, 0.3) is 10.6 Å². The van der Waals surface area contributed by atoms with E-state index in [9.17, 15) is 4.39 Å². The maximum Gasteiger partial charge on any atom is 0.123 e. The van der Waals surface area contributed by atoms with Gasteiger partial charge in [0.15, 0.2) is 0 Å². The fourth-order valence-corrected chi connectivity index (χ4v) is 2.86. The third-order valence-electron chi connectivity index (χ3n) is 2.47. The lowest BCUT2D eigenvalue weighted by Crippen LogP contribution is -2.17. The molecule has 1 heterocycles. The maximum atomic E-state index is 13.1. The lowest BCUT2D eigenvalue weighted by Gasteiger charge is -2.01. The molecule has 1 aromatic heterocycles. The Bertz CT molecular complexity index is 520. The molecule has 0 bridgehead atoms. The molecule has 2 aromatic rings. The topological polar surface area (TPSA) is 38.9 Å². The van der Waals surface area contributed by atoms with E-state index >= 15 is 0 Å². The summed E-state index contributed by atoms with van der Waals surface area (Å²) in [5.41, 5.74) is 7.60. The van der Waals surface area contributed by atoms with Gasteiger partial charge in [-0.25, -0.2) is 9.37 Å².